The number of benzene rings is 2. The standard InChI is InChI=1S/C25H24FN5O2/c1-16(18-4-3-5-19(26)12-18)33-24-11-10-23-28-14-22(31(23)29-24)17-6-8-21(9-7-17)30-15-20(27-2)13-25(30)32/h3-12,14,16,20,27H,13,15H2,1-2H3/t16-,20+/m1/s1. The van der Waals surface area contributed by atoms with Gasteiger partial charge in [-0.2, -0.15) is 0 Å². The van der Waals surface area contributed by atoms with Crippen LogP contribution in [0.5, 0.6) is 5.88 Å². The number of amides is 1. The Morgan fingerprint density at radius 1 is 1.15 bits per heavy atom. The molecule has 1 aliphatic rings. The molecule has 7 nitrogen and oxygen atoms in total. The molecule has 1 N–H and O–H groups in total. The van der Waals surface area contributed by atoms with Gasteiger partial charge in [-0.1, -0.05) is 24.3 Å². The Morgan fingerprint density at radius 2 is 1.97 bits per heavy atom. The van der Waals surface area contributed by atoms with Gasteiger partial charge < -0.3 is 15.0 Å². The minimum Gasteiger partial charge on any atom is -0.469 e. The van der Waals surface area contributed by atoms with Gasteiger partial charge in [-0.05, 0) is 49.9 Å². The molecule has 2 aromatic heterocycles. The number of halogens is 1. The molecular weight excluding hydrogens is 421 g/mol. The van der Waals surface area contributed by atoms with Gasteiger partial charge in [0.25, 0.3) is 0 Å². The first-order valence-electron chi connectivity index (χ1n) is 10.9. The van der Waals surface area contributed by atoms with Gasteiger partial charge in [0.2, 0.25) is 11.8 Å². The van der Waals surface area contributed by atoms with E-state index in [9.17, 15) is 9.18 Å². The lowest BCUT2D eigenvalue weighted by Crippen LogP contribution is -2.30. The number of rotatable bonds is 6. The molecule has 0 aliphatic carbocycles. The number of fused-ring (bicyclic) bond motifs is 1. The van der Waals surface area contributed by atoms with E-state index in [1.807, 2.05) is 50.4 Å². The fourth-order valence-corrected chi connectivity index (χ4v) is 4.09. The molecule has 1 saturated heterocycles. The summed E-state index contributed by atoms with van der Waals surface area (Å²) in [5.41, 5.74) is 4.02. The summed E-state index contributed by atoms with van der Waals surface area (Å²) in [5.74, 6) is 0.229. The predicted octanol–water partition coefficient (Wildman–Crippen LogP) is 4.00. The van der Waals surface area contributed by atoms with E-state index in [0.717, 1.165) is 22.5 Å². The molecule has 0 saturated carbocycles. The molecule has 0 radical (unpaired) electrons. The van der Waals surface area contributed by atoms with Crippen LogP contribution in [0.3, 0.4) is 0 Å². The number of anilines is 1. The highest BCUT2D eigenvalue weighted by Gasteiger charge is 2.29. The summed E-state index contributed by atoms with van der Waals surface area (Å²) < 4.78 is 21.2. The topological polar surface area (TPSA) is 71.8 Å². The highest BCUT2D eigenvalue weighted by molar-refractivity contribution is 5.96. The molecule has 0 spiro atoms. The third kappa shape index (κ3) is 4.17. The summed E-state index contributed by atoms with van der Waals surface area (Å²) in [6, 6.07) is 17.9. The largest absolute Gasteiger partial charge is 0.469 e. The van der Waals surface area contributed by atoms with Crippen molar-refractivity contribution in [2.45, 2.75) is 25.5 Å². The zero-order chi connectivity index (χ0) is 22.9. The van der Waals surface area contributed by atoms with Crippen LogP contribution in [-0.2, 0) is 4.79 Å². The Bertz CT molecular complexity index is 1300. The first kappa shape index (κ1) is 21.1. The summed E-state index contributed by atoms with van der Waals surface area (Å²) in [7, 11) is 1.87. The monoisotopic (exact) mass is 445 g/mol. The van der Waals surface area contributed by atoms with Crippen molar-refractivity contribution in [1.82, 2.24) is 19.9 Å². The van der Waals surface area contributed by atoms with Crippen molar-refractivity contribution in [3.05, 3.63) is 78.2 Å². The average Bonchev–Trinajstić information content (AvgIpc) is 3.42. The maximum atomic E-state index is 13.6. The van der Waals surface area contributed by atoms with E-state index >= 15 is 0 Å². The van der Waals surface area contributed by atoms with Crippen molar-refractivity contribution >= 4 is 17.2 Å². The minimum absolute atomic E-state index is 0.118. The van der Waals surface area contributed by atoms with Crippen LogP contribution in [0.1, 0.15) is 25.0 Å². The molecule has 1 aliphatic heterocycles. The number of carbonyl (C=O) groups excluding carboxylic acids is 1. The second-order valence-corrected chi connectivity index (χ2v) is 8.14. The molecule has 0 unspecified atom stereocenters. The summed E-state index contributed by atoms with van der Waals surface area (Å²) in [6.45, 7) is 2.52. The van der Waals surface area contributed by atoms with E-state index in [1.165, 1.54) is 12.1 Å². The van der Waals surface area contributed by atoms with Crippen LogP contribution in [0.4, 0.5) is 10.1 Å². The van der Waals surface area contributed by atoms with Gasteiger partial charge in [0.15, 0.2) is 5.65 Å². The second kappa shape index (κ2) is 8.63. The van der Waals surface area contributed by atoms with Gasteiger partial charge in [-0.25, -0.2) is 13.9 Å². The predicted molar refractivity (Wildman–Crippen MR) is 124 cm³/mol. The molecule has 8 heteroatoms. The number of ether oxygens (including phenoxy) is 1. The smallest absolute Gasteiger partial charge is 0.232 e. The molecule has 33 heavy (non-hydrogen) atoms. The van der Waals surface area contributed by atoms with E-state index in [4.69, 9.17) is 4.74 Å². The second-order valence-electron chi connectivity index (χ2n) is 8.14. The number of likely N-dealkylation sites (N-methyl/N-ethyl adjacent to an activating group) is 1. The van der Waals surface area contributed by atoms with Gasteiger partial charge in [0.1, 0.15) is 11.9 Å². The third-order valence-electron chi connectivity index (χ3n) is 5.96. The van der Waals surface area contributed by atoms with Crippen LogP contribution in [-0.4, -0.2) is 40.1 Å². The molecule has 2 aromatic carbocycles. The molecule has 168 valence electrons. The van der Waals surface area contributed by atoms with Crippen molar-refractivity contribution in [3.8, 4) is 17.1 Å². The quantitative estimate of drug-likeness (QED) is 0.486. The van der Waals surface area contributed by atoms with Gasteiger partial charge >= 0.3 is 0 Å². The van der Waals surface area contributed by atoms with E-state index in [0.29, 0.717) is 24.5 Å². The Labute approximate surface area is 190 Å². The van der Waals surface area contributed by atoms with E-state index in [2.05, 4.69) is 15.4 Å². The lowest BCUT2D eigenvalue weighted by Gasteiger charge is -2.17. The first-order valence-corrected chi connectivity index (χ1v) is 10.9. The highest BCUT2D eigenvalue weighted by Crippen LogP contribution is 2.27. The molecule has 5 rings (SSSR count). The van der Waals surface area contributed by atoms with Crippen LogP contribution >= 0.6 is 0 Å². The highest BCUT2D eigenvalue weighted by atomic mass is 19.1. The van der Waals surface area contributed by atoms with Crippen LogP contribution in [0.25, 0.3) is 16.9 Å². The molecule has 4 aromatic rings. The van der Waals surface area contributed by atoms with Gasteiger partial charge in [0.05, 0.1) is 11.9 Å². The number of nitrogens with zero attached hydrogens (tertiary/aromatic N) is 4. The van der Waals surface area contributed by atoms with E-state index < -0.39 is 0 Å². The molecule has 3 heterocycles. The van der Waals surface area contributed by atoms with Crippen molar-refractivity contribution < 1.29 is 13.9 Å². The van der Waals surface area contributed by atoms with Crippen LogP contribution in [0.2, 0.25) is 0 Å². The Hall–Kier alpha value is -3.78. The van der Waals surface area contributed by atoms with Gasteiger partial charge in [0, 0.05) is 36.3 Å². The number of hydrogen-bond donors (Lipinski definition) is 1. The Morgan fingerprint density at radius 3 is 2.70 bits per heavy atom. The molecule has 0 bridgehead atoms. The summed E-state index contributed by atoms with van der Waals surface area (Å²) in [4.78, 5) is 18.5. The van der Waals surface area contributed by atoms with Gasteiger partial charge in [-0.15, -0.1) is 5.10 Å². The lowest BCUT2D eigenvalue weighted by atomic mass is 10.1. The summed E-state index contributed by atoms with van der Waals surface area (Å²) >= 11 is 0. The van der Waals surface area contributed by atoms with Crippen LogP contribution in [0.15, 0.2) is 66.9 Å². The Balaban J connectivity index is 1.39. The van der Waals surface area contributed by atoms with Crippen LogP contribution < -0.4 is 15.0 Å². The lowest BCUT2D eigenvalue weighted by molar-refractivity contribution is -0.117. The van der Waals surface area contributed by atoms with Crippen molar-refractivity contribution in [2.24, 2.45) is 0 Å². The first-order chi connectivity index (χ1) is 16.0. The SMILES string of the molecule is CN[C@H]1CC(=O)N(c2ccc(-c3cnc4ccc(O[C@H](C)c5cccc(F)c5)nn34)cc2)C1. The maximum Gasteiger partial charge on any atom is 0.232 e. The number of hydrogen-bond acceptors (Lipinski definition) is 5. The normalized spacial score (nSPS) is 17.0. The number of aromatic nitrogens is 3. The number of nitrogens with one attached hydrogen (secondary N) is 1. The molecule has 1 fully saturated rings. The molecule has 2 atom stereocenters. The van der Waals surface area contributed by atoms with E-state index in [-0.39, 0.29) is 23.9 Å². The van der Waals surface area contributed by atoms with Crippen molar-refractivity contribution in [1.29, 1.82) is 0 Å². The fourth-order valence-electron chi connectivity index (χ4n) is 4.09. The maximum absolute atomic E-state index is 13.6. The number of carbonyl (C=O) groups is 1. The van der Waals surface area contributed by atoms with Crippen LogP contribution in [0, 0.1) is 5.82 Å². The molecule has 1 amide bonds. The zero-order valence-electron chi connectivity index (χ0n) is 18.4. The summed E-state index contributed by atoms with van der Waals surface area (Å²) in [6.07, 6.45) is 1.90. The summed E-state index contributed by atoms with van der Waals surface area (Å²) in [5, 5.41) is 7.76. The third-order valence-corrected chi connectivity index (χ3v) is 5.96. The van der Waals surface area contributed by atoms with Gasteiger partial charge in [-0.3, -0.25) is 4.79 Å². The number of imidazole rings is 1. The van der Waals surface area contributed by atoms with Crippen molar-refractivity contribution in [3.63, 3.8) is 0 Å². The Kier molecular flexibility index (Phi) is 5.51. The zero-order valence-corrected chi connectivity index (χ0v) is 18.4. The van der Waals surface area contributed by atoms with E-state index in [1.54, 1.807) is 27.7 Å². The minimum atomic E-state index is -0.365. The average molecular weight is 445 g/mol. The van der Waals surface area contributed by atoms with Crippen molar-refractivity contribution in [2.75, 3.05) is 18.5 Å². The fraction of sp³-hybridized carbons (Fsp3) is 0.240. The molecular formula is C25H24FN5O2.